The average Bonchev–Trinajstić information content (AvgIpc) is 2.82. The van der Waals surface area contributed by atoms with Gasteiger partial charge in [0.05, 0.1) is 6.54 Å². The predicted molar refractivity (Wildman–Crippen MR) is 76.5 cm³/mol. The van der Waals surface area contributed by atoms with E-state index in [2.05, 4.69) is 41.2 Å². The van der Waals surface area contributed by atoms with Gasteiger partial charge in [0.2, 0.25) is 10.0 Å². The summed E-state index contributed by atoms with van der Waals surface area (Å²) in [6, 6.07) is 1.48. The lowest BCUT2D eigenvalue weighted by Crippen LogP contribution is -2.25. The van der Waals surface area contributed by atoms with Crippen LogP contribution in [-0.2, 0) is 23.6 Å². The smallest absolute Gasteiger partial charge is 0.244 e. The van der Waals surface area contributed by atoms with Crippen LogP contribution in [0.3, 0.4) is 0 Å². The third kappa shape index (κ3) is 3.14. The summed E-state index contributed by atoms with van der Waals surface area (Å²) in [6.45, 7) is 0.0501. The van der Waals surface area contributed by atoms with E-state index in [9.17, 15) is 8.42 Å². The molecular weight excluding hydrogens is 348 g/mol. The largest absolute Gasteiger partial charge is 0.372 e. The third-order valence-corrected chi connectivity index (χ3v) is 4.42. The number of hydrogen-bond acceptors (Lipinski definition) is 6. The average molecular weight is 361 g/mol. The van der Waals surface area contributed by atoms with Gasteiger partial charge in [-0.2, -0.15) is 0 Å². The molecule has 2 heterocycles. The molecule has 2 N–H and O–H groups in total. The van der Waals surface area contributed by atoms with Crippen molar-refractivity contribution in [2.24, 2.45) is 7.05 Å². The lowest BCUT2D eigenvalue weighted by Gasteiger charge is -2.10. The molecule has 20 heavy (non-hydrogen) atoms. The molecule has 2 rings (SSSR count). The molecule has 0 aliphatic rings. The molecule has 8 nitrogen and oxygen atoms in total. The highest BCUT2D eigenvalue weighted by Gasteiger charge is 2.20. The van der Waals surface area contributed by atoms with E-state index < -0.39 is 10.0 Å². The highest BCUT2D eigenvalue weighted by molar-refractivity contribution is 9.10. The van der Waals surface area contributed by atoms with E-state index in [1.807, 2.05) is 0 Å². The van der Waals surface area contributed by atoms with Gasteiger partial charge in [-0.15, -0.1) is 10.2 Å². The van der Waals surface area contributed by atoms with Crippen LogP contribution in [0.1, 0.15) is 5.82 Å². The number of hydrogen-bond donors (Lipinski definition) is 2. The van der Waals surface area contributed by atoms with Crippen molar-refractivity contribution in [2.75, 3.05) is 12.4 Å². The van der Waals surface area contributed by atoms with Crippen molar-refractivity contribution in [1.82, 2.24) is 24.5 Å². The van der Waals surface area contributed by atoms with E-state index in [-0.39, 0.29) is 17.3 Å². The summed E-state index contributed by atoms with van der Waals surface area (Å²) in [5.74, 6) is 0.793. The SMILES string of the molecule is CNc1ncc(Br)cc1S(=O)(=O)NCc1nncn1C. The minimum atomic E-state index is -3.70. The van der Waals surface area contributed by atoms with Gasteiger partial charge in [0, 0.05) is 24.8 Å². The molecule has 0 unspecified atom stereocenters. The van der Waals surface area contributed by atoms with Crippen LogP contribution in [0.5, 0.6) is 0 Å². The quantitative estimate of drug-likeness (QED) is 0.804. The van der Waals surface area contributed by atoms with Crippen molar-refractivity contribution in [3.8, 4) is 0 Å². The molecule has 0 bridgehead atoms. The second-order valence-corrected chi connectivity index (χ2v) is 6.58. The molecule has 0 atom stereocenters. The number of aryl methyl sites for hydroxylation is 1. The Balaban J connectivity index is 2.26. The lowest BCUT2D eigenvalue weighted by atomic mass is 10.4. The van der Waals surface area contributed by atoms with Crippen LogP contribution in [0.15, 0.2) is 28.0 Å². The lowest BCUT2D eigenvalue weighted by molar-refractivity contribution is 0.577. The third-order valence-electron chi connectivity index (χ3n) is 2.57. The van der Waals surface area contributed by atoms with E-state index >= 15 is 0 Å². The van der Waals surface area contributed by atoms with Crippen molar-refractivity contribution >= 4 is 31.8 Å². The Bertz CT molecular complexity index is 714. The van der Waals surface area contributed by atoms with E-state index in [1.165, 1.54) is 18.6 Å². The molecule has 0 aliphatic carbocycles. The summed E-state index contributed by atoms with van der Waals surface area (Å²) in [5, 5.41) is 10.3. The Hall–Kier alpha value is -1.52. The van der Waals surface area contributed by atoms with Gasteiger partial charge in [-0.1, -0.05) is 0 Å². The van der Waals surface area contributed by atoms with Crippen LogP contribution in [0.25, 0.3) is 0 Å². The fourth-order valence-electron chi connectivity index (χ4n) is 1.52. The van der Waals surface area contributed by atoms with Gasteiger partial charge in [0.15, 0.2) is 0 Å². The Morgan fingerprint density at radius 3 is 2.80 bits per heavy atom. The molecule has 0 fully saturated rings. The summed E-state index contributed by atoms with van der Waals surface area (Å²) in [7, 11) is -0.356. The maximum Gasteiger partial charge on any atom is 0.244 e. The zero-order valence-electron chi connectivity index (χ0n) is 10.8. The van der Waals surface area contributed by atoms with Crippen LogP contribution in [0.2, 0.25) is 0 Å². The van der Waals surface area contributed by atoms with Gasteiger partial charge in [-0.3, -0.25) is 0 Å². The van der Waals surface area contributed by atoms with Crippen molar-refractivity contribution < 1.29 is 8.42 Å². The van der Waals surface area contributed by atoms with Crippen LogP contribution >= 0.6 is 15.9 Å². The molecule has 108 valence electrons. The second kappa shape index (κ2) is 5.85. The minimum Gasteiger partial charge on any atom is -0.372 e. The number of anilines is 1. The van der Waals surface area contributed by atoms with E-state index in [1.54, 1.807) is 18.7 Å². The van der Waals surface area contributed by atoms with E-state index in [0.29, 0.717) is 10.3 Å². The van der Waals surface area contributed by atoms with Crippen molar-refractivity contribution in [3.05, 3.63) is 28.9 Å². The van der Waals surface area contributed by atoms with Crippen molar-refractivity contribution in [1.29, 1.82) is 0 Å². The monoisotopic (exact) mass is 360 g/mol. The Morgan fingerprint density at radius 2 is 2.20 bits per heavy atom. The second-order valence-electron chi connectivity index (χ2n) is 3.93. The topological polar surface area (TPSA) is 102 Å². The van der Waals surface area contributed by atoms with Crippen LogP contribution in [0, 0.1) is 0 Å². The molecule has 0 spiro atoms. The summed E-state index contributed by atoms with van der Waals surface area (Å²) >= 11 is 3.21. The highest BCUT2D eigenvalue weighted by Crippen LogP contribution is 2.22. The zero-order valence-corrected chi connectivity index (χ0v) is 13.2. The first-order valence-corrected chi connectivity index (χ1v) is 7.87. The molecule has 0 saturated carbocycles. The van der Waals surface area contributed by atoms with Gasteiger partial charge in [-0.05, 0) is 22.0 Å². The number of aromatic nitrogens is 4. The van der Waals surface area contributed by atoms with E-state index in [0.717, 1.165) is 0 Å². The molecule has 0 saturated heterocycles. The summed E-state index contributed by atoms with van der Waals surface area (Å²) in [4.78, 5) is 4.08. The van der Waals surface area contributed by atoms with Gasteiger partial charge in [-0.25, -0.2) is 18.1 Å². The van der Waals surface area contributed by atoms with Crippen LogP contribution < -0.4 is 10.0 Å². The highest BCUT2D eigenvalue weighted by atomic mass is 79.9. The maximum absolute atomic E-state index is 12.3. The van der Waals surface area contributed by atoms with Crippen LogP contribution in [0.4, 0.5) is 5.82 Å². The molecule has 10 heteroatoms. The van der Waals surface area contributed by atoms with Crippen molar-refractivity contribution in [2.45, 2.75) is 11.4 Å². The summed E-state index contributed by atoms with van der Waals surface area (Å²) in [5.41, 5.74) is 0. The number of halogens is 1. The number of pyridine rings is 1. The number of sulfonamides is 1. The zero-order chi connectivity index (χ0) is 14.8. The molecule has 0 aliphatic heterocycles. The molecular formula is C10H13BrN6O2S. The minimum absolute atomic E-state index is 0.0501. The Morgan fingerprint density at radius 1 is 1.45 bits per heavy atom. The molecule has 0 radical (unpaired) electrons. The Labute approximate surface area is 124 Å². The summed E-state index contributed by atoms with van der Waals surface area (Å²) < 4.78 is 29.3. The normalized spacial score (nSPS) is 11.6. The number of rotatable bonds is 5. The molecule has 0 aromatic carbocycles. The first-order valence-electron chi connectivity index (χ1n) is 5.60. The van der Waals surface area contributed by atoms with Gasteiger partial charge >= 0.3 is 0 Å². The standard InChI is InChI=1S/C10H13BrN6O2S/c1-12-10-8(3-7(11)4-13-10)20(18,19)15-5-9-16-14-6-17(9)2/h3-4,6,15H,5H2,1-2H3,(H,12,13). The first kappa shape index (κ1) is 14.9. The van der Waals surface area contributed by atoms with Gasteiger partial charge < -0.3 is 9.88 Å². The van der Waals surface area contributed by atoms with Crippen LogP contribution in [-0.4, -0.2) is 35.2 Å². The fraction of sp³-hybridized carbons (Fsp3) is 0.300. The predicted octanol–water partition coefficient (Wildman–Crippen LogP) is 0.493. The molecule has 2 aromatic rings. The fourth-order valence-corrected chi connectivity index (χ4v) is 3.17. The van der Waals surface area contributed by atoms with Crippen molar-refractivity contribution in [3.63, 3.8) is 0 Å². The molecule has 2 aromatic heterocycles. The van der Waals surface area contributed by atoms with Gasteiger partial charge in [0.25, 0.3) is 0 Å². The number of nitrogens with one attached hydrogen (secondary N) is 2. The number of nitrogens with zero attached hydrogens (tertiary/aromatic N) is 4. The first-order chi connectivity index (χ1) is 9.44. The van der Waals surface area contributed by atoms with E-state index in [4.69, 9.17) is 0 Å². The maximum atomic E-state index is 12.3. The van der Waals surface area contributed by atoms with Gasteiger partial charge in [0.1, 0.15) is 22.9 Å². The molecule has 0 amide bonds. The Kier molecular flexibility index (Phi) is 4.35. The summed E-state index contributed by atoms with van der Waals surface area (Å²) in [6.07, 6.45) is 3.02.